The SMILES string of the molecule is COc1ccc(CN(C(=O)C2CC2)c2ccncc2)cc1. The van der Waals surface area contributed by atoms with Gasteiger partial charge in [0.25, 0.3) is 0 Å². The molecule has 0 unspecified atom stereocenters. The van der Waals surface area contributed by atoms with Gasteiger partial charge in [-0.1, -0.05) is 12.1 Å². The first-order valence-corrected chi connectivity index (χ1v) is 7.12. The van der Waals surface area contributed by atoms with Crippen molar-refractivity contribution in [2.24, 2.45) is 5.92 Å². The molecule has 1 aromatic carbocycles. The fourth-order valence-corrected chi connectivity index (χ4v) is 2.28. The van der Waals surface area contributed by atoms with Gasteiger partial charge in [-0.3, -0.25) is 9.78 Å². The van der Waals surface area contributed by atoms with Gasteiger partial charge in [0, 0.05) is 24.0 Å². The third-order valence-electron chi connectivity index (χ3n) is 3.67. The predicted octanol–water partition coefficient (Wildman–Crippen LogP) is 3.03. The number of anilines is 1. The average Bonchev–Trinajstić information content (AvgIpc) is 3.38. The van der Waals surface area contributed by atoms with E-state index >= 15 is 0 Å². The third kappa shape index (κ3) is 3.21. The van der Waals surface area contributed by atoms with Crippen molar-refractivity contribution < 1.29 is 9.53 Å². The lowest BCUT2D eigenvalue weighted by molar-refractivity contribution is -0.119. The van der Waals surface area contributed by atoms with Crippen LogP contribution in [0.25, 0.3) is 0 Å². The molecular weight excluding hydrogens is 264 g/mol. The number of benzene rings is 1. The number of hydrogen-bond acceptors (Lipinski definition) is 3. The molecule has 0 radical (unpaired) electrons. The standard InChI is InChI=1S/C17H18N2O2/c1-21-16-6-2-13(3-7-16)12-19(17(20)14-4-5-14)15-8-10-18-11-9-15/h2-3,6-11,14H,4-5,12H2,1H3. The first-order valence-electron chi connectivity index (χ1n) is 7.12. The molecule has 0 saturated heterocycles. The third-order valence-corrected chi connectivity index (χ3v) is 3.67. The van der Waals surface area contributed by atoms with Gasteiger partial charge < -0.3 is 9.64 Å². The first-order chi connectivity index (χ1) is 10.3. The molecule has 4 heteroatoms. The van der Waals surface area contributed by atoms with Crippen molar-refractivity contribution in [1.82, 2.24) is 4.98 Å². The molecule has 0 atom stereocenters. The number of nitrogens with zero attached hydrogens (tertiary/aromatic N) is 2. The maximum Gasteiger partial charge on any atom is 0.230 e. The maximum atomic E-state index is 12.5. The van der Waals surface area contributed by atoms with E-state index in [0.29, 0.717) is 6.54 Å². The van der Waals surface area contributed by atoms with E-state index in [1.807, 2.05) is 41.3 Å². The Morgan fingerprint density at radius 1 is 1.19 bits per heavy atom. The number of carbonyl (C=O) groups is 1. The number of pyridine rings is 1. The summed E-state index contributed by atoms with van der Waals surface area (Å²) in [6.07, 6.45) is 5.44. The van der Waals surface area contributed by atoms with E-state index in [9.17, 15) is 4.79 Å². The van der Waals surface area contributed by atoms with E-state index < -0.39 is 0 Å². The summed E-state index contributed by atoms with van der Waals surface area (Å²) in [4.78, 5) is 18.4. The van der Waals surface area contributed by atoms with Crippen molar-refractivity contribution in [2.75, 3.05) is 12.0 Å². The molecule has 1 fully saturated rings. The van der Waals surface area contributed by atoms with Crippen LogP contribution in [0.5, 0.6) is 5.75 Å². The topological polar surface area (TPSA) is 42.4 Å². The van der Waals surface area contributed by atoms with Crippen LogP contribution in [0.2, 0.25) is 0 Å². The quantitative estimate of drug-likeness (QED) is 0.846. The molecule has 2 aromatic rings. The summed E-state index contributed by atoms with van der Waals surface area (Å²) in [6, 6.07) is 11.6. The number of carbonyl (C=O) groups excluding carboxylic acids is 1. The Bertz CT molecular complexity index is 606. The summed E-state index contributed by atoms with van der Waals surface area (Å²) in [6.45, 7) is 0.573. The second kappa shape index (κ2) is 5.95. The van der Waals surface area contributed by atoms with Gasteiger partial charge in [-0.25, -0.2) is 0 Å². The largest absolute Gasteiger partial charge is 0.497 e. The average molecular weight is 282 g/mol. The second-order valence-corrected chi connectivity index (χ2v) is 5.25. The van der Waals surface area contributed by atoms with Crippen LogP contribution in [-0.4, -0.2) is 18.0 Å². The highest BCUT2D eigenvalue weighted by molar-refractivity contribution is 5.96. The smallest absolute Gasteiger partial charge is 0.230 e. The van der Waals surface area contributed by atoms with Crippen molar-refractivity contribution in [3.63, 3.8) is 0 Å². The van der Waals surface area contributed by atoms with Crippen molar-refractivity contribution in [2.45, 2.75) is 19.4 Å². The highest BCUT2D eigenvalue weighted by Crippen LogP contribution is 2.33. The van der Waals surface area contributed by atoms with Crippen molar-refractivity contribution >= 4 is 11.6 Å². The lowest BCUT2D eigenvalue weighted by atomic mass is 10.1. The number of rotatable bonds is 5. The molecule has 4 nitrogen and oxygen atoms in total. The Morgan fingerprint density at radius 3 is 2.43 bits per heavy atom. The number of ether oxygens (including phenoxy) is 1. The van der Waals surface area contributed by atoms with Gasteiger partial charge in [-0.05, 0) is 42.7 Å². The Labute approximate surface area is 124 Å². The van der Waals surface area contributed by atoms with Crippen LogP contribution in [0.15, 0.2) is 48.8 Å². The number of methoxy groups -OCH3 is 1. The Balaban J connectivity index is 1.82. The highest BCUT2D eigenvalue weighted by atomic mass is 16.5. The molecule has 108 valence electrons. The van der Waals surface area contributed by atoms with Gasteiger partial charge in [0.1, 0.15) is 5.75 Å². The molecule has 0 aliphatic heterocycles. The van der Waals surface area contributed by atoms with E-state index in [4.69, 9.17) is 4.74 Å². The second-order valence-electron chi connectivity index (χ2n) is 5.25. The molecule has 0 spiro atoms. The van der Waals surface area contributed by atoms with Crippen molar-refractivity contribution in [1.29, 1.82) is 0 Å². The van der Waals surface area contributed by atoms with Gasteiger partial charge >= 0.3 is 0 Å². The molecule has 1 aliphatic rings. The van der Waals surface area contributed by atoms with Crippen LogP contribution >= 0.6 is 0 Å². The summed E-state index contributed by atoms with van der Waals surface area (Å²) < 4.78 is 5.17. The van der Waals surface area contributed by atoms with Gasteiger partial charge in [0.2, 0.25) is 5.91 Å². The van der Waals surface area contributed by atoms with Crippen LogP contribution in [0.1, 0.15) is 18.4 Å². The van der Waals surface area contributed by atoms with E-state index in [2.05, 4.69) is 4.98 Å². The minimum absolute atomic E-state index is 0.191. The normalized spacial score (nSPS) is 13.8. The van der Waals surface area contributed by atoms with Crippen LogP contribution in [0.3, 0.4) is 0 Å². The lowest BCUT2D eigenvalue weighted by Gasteiger charge is -2.23. The lowest BCUT2D eigenvalue weighted by Crippen LogP contribution is -2.31. The summed E-state index contributed by atoms with van der Waals surface area (Å²) >= 11 is 0. The van der Waals surface area contributed by atoms with Crippen molar-refractivity contribution in [3.8, 4) is 5.75 Å². The number of aromatic nitrogens is 1. The van der Waals surface area contributed by atoms with Gasteiger partial charge in [-0.15, -0.1) is 0 Å². The van der Waals surface area contributed by atoms with E-state index in [1.165, 1.54) is 0 Å². The van der Waals surface area contributed by atoms with Crippen LogP contribution in [-0.2, 0) is 11.3 Å². The molecule has 0 bridgehead atoms. The molecule has 1 aromatic heterocycles. The molecule has 3 rings (SSSR count). The number of amides is 1. The van der Waals surface area contributed by atoms with E-state index in [0.717, 1.165) is 29.8 Å². The molecule has 21 heavy (non-hydrogen) atoms. The molecule has 1 heterocycles. The number of hydrogen-bond donors (Lipinski definition) is 0. The zero-order chi connectivity index (χ0) is 14.7. The fraction of sp³-hybridized carbons (Fsp3) is 0.294. The molecule has 1 aliphatic carbocycles. The summed E-state index contributed by atoms with van der Waals surface area (Å²) in [5.74, 6) is 1.22. The summed E-state index contributed by atoms with van der Waals surface area (Å²) in [5, 5.41) is 0. The van der Waals surface area contributed by atoms with E-state index in [-0.39, 0.29) is 11.8 Å². The molecule has 1 amide bonds. The highest BCUT2D eigenvalue weighted by Gasteiger charge is 2.34. The minimum atomic E-state index is 0.191. The van der Waals surface area contributed by atoms with Gasteiger partial charge in [0.15, 0.2) is 0 Å². The van der Waals surface area contributed by atoms with Gasteiger partial charge in [0.05, 0.1) is 13.7 Å². The van der Waals surface area contributed by atoms with Crippen LogP contribution in [0.4, 0.5) is 5.69 Å². The minimum Gasteiger partial charge on any atom is -0.497 e. The fourth-order valence-electron chi connectivity index (χ4n) is 2.28. The zero-order valence-electron chi connectivity index (χ0n) is 12.0. The Kier molecular flexibility index (Phi) is 3.86. The van der Waals surface area contributed by atoms with E-state index in [1.54, 1.807) is 19.5 Å². The predicted molar refractivity (Wildman–Crippen MR) is 81.1 cm³/mol. The summed E-state index contributed by atoms with van der Waals surface area (Å²) in [5.41, 5.74) is 1.99. The molecular formula is C17H18N2O2. The van der Waals surface area contributed by atoms with Crippen LogP contribution in [0, 0.1) is 5.92 Å². The summed E-state index contributed by atoms with van der Waals surface area (Å²) in [7, 11) is 1.65. The first kappa shape index (κ1) is 13.6. The van der Waals surface area contributed by atoms with Crippen LogP contribution < -0.4 is 9.64 Å². The monoisotopic (exact) mass is 282 g/mol. The molecule has 1 saturated carbocycles. The van der Waals surface area contributed by atoms with Crippen molar-refractivity contribution in [3.05, 3.63) is 54.4 Å². The Hall–Kier alpha value is -2.36. The zero-order valence-corrected chi connectivity index (χ0v) is 12.0. The molecule has 0 N–H and O–H groups in total. The Morgan fingerprint density at radius 2 is 1.86 bits per heavy atom. The maximum absolute atomic E-state index is 12.5. The van der Waals surface area contributed by atoms with Gasteiger partial charge in [-0.2, -0.15) is 0 Å².